The van der Waals surface area contributed by atoms with Crippen molar-refractivity contribution < 1.29 is 9.66 Å². The van der Waals surface area contributed by atoms with Gasteiger partial charge in [0.05, 0.1) is 11.5 Å². The molecule has 0 bridgehead atoms. The Bertz CT molecular complexity index is 982. The molecule has 0 saturated heterocycles. The molecule has 0 spiro atoms. The third-order valence-corrected chi connectivity index (χ3v) is 4.47. The predicted octanol–water partition coefficient (Wildman–Crippen LogP) is 5.81. The molecule has 0 aliphatic rings. The van der Waals surface area contributed by atoms with Crippen molar-refractivity contribution in [1.29, 1.82) is 0 Å². The van der Waals surface area contributed by atoms with Crippen LogP contribution in [0.25, 0.3) is 0 Å². The average Bonchev–Trinajstić information content (AvgIpc) is 2.69. The van der Waals surface area contributed by atoms with Crippen LogP contribution in [-0.4, -0.2) is 21.5 Å². The number of benzene rings is 2. The second-order valence-corrected chi connectivity index (χ2v) is 7.08. The van der Waals surface area contributed by atoms with E-state index in [0.717, 1.165) is 23.1 Å². The minimum Gasteiger partial charge on any atom is -0.494 e. The molecule has 0 aliphatic carbocycles. The Balaban J connectivity index is 1.81. The van der Waals surface area contributed by atoms with Gasteiger partial charge in [-0.25, -0.2) is 9.97 Å². The van der Waals surface area contributed by atoms with Crippen molar-refractivity contribution in [2.24, 2.45) is 0 Å². The van der Waals surface area contributed by atoms with Gasteiger partial charge in [0.25, 0.3) is 0 Å². The number of aromatic nitrogens is 2. The Morgan fingerprint density at radius 2 is 1.76 bits per heavy atom. The quantitative estimate of drug-likeness (QED) is 0.237. The zero-order chi connectivity index (χ0) is 20.6. The summed E-state index contributed by atoms with van der Waals surface area (Å²) in [5.41, 5.74) is 1.08. The molecule has 0 aliphatic heterocycles. The van der Waals surface area contributed by atoms with Gasteiger partial charge in [-0.3, -0.25) is 10.1 Å². The third-order valence-electron chi connectivity index (χ3n) is 3.98. The van der Waals surface area contributed by atoms with Gasteiger partial charge >= 0.3 is 5.69 Å². The number of nitro groups is 1. The fourth-order valence-corrected chi connectivity index (χ4v) is 2.94. The number of ether oxygens (including phenoxy) is 1. The highest BCUT2D eigenvalue weighted by atomic mass is 79.9. The number of rotatable bonds is 9. The lowest BCUT2D eigenvalue weighted by molar-refractivity contribution is -0.383. The Morgan fingerprint density at radius 3 is 2.38 bits per heavy atom. The van der Waals surface area contributed by atoms with E-state index >= 15 is 0 Å². The van der Waals surface area contributed by atoms with Crippen LogP contribution in [0.15, 0.2) is 59.3 Å². The van der Waals surface area contributed by atoms with Crippen molar-refractivity contribution in [3.8, 4) is 5.75 Å². The van der Waals surface area contributed by atoms with E-state index in [-0.39, 0.29) is 17.3 Å². The van der Waals surface area contributed by atoms with Gasteiger partial charge in [-0.15, -0.1) is 0 Å². The van der Waals surface area contributed by atoms with Crippen LogP contribution in [0.1, 0.15) is 19.8 Å². The smallest absolute Gasteiger partial charge is 0.353 e. The topological polar surface area (TPSA) is 102 Å². The molecule has 0 atom stereocenters. The summed E-state index contributed by atoms with van der Waals surface area (Å²) in [5, 5.41) is 17.7. The maximum Gasteiger partial charge on any atom is 0.353 e. The van der Waals surface area contributed by atoms with E-state index in [1.807, 2.05) is 24.3 Å². The largest absolute Gasteiger partial charge is 0.494 e. The highest BCUT2D eigenvalue weighted by molar-refractivity contribution is 9.10. The van der Waals surface area contributed by atoms with Crippen LogP contribution in [-0.2, 0) is 0 Å². The summed E-state index contributed by atoms with van der Waals surface area (Å²) in [6.07, 6.45) is 3.33. The second-order valence-electron chi connectivity index (χ2n) is 6.16. The summed E-state index contributed by atoms with van der Waals surface area (Å²) in [6.45, 7) is 2.76. The number of halogens is 1. The summed E-state index contributed by atoms with van der Waals surface area (Å²) in [5.74, 6) is 0.950. The average molecular weight is 458 g/mol. The maximum atomic E-state index is 11.7. The lowest BCUT2D eigenvalue weighted by Crippen LogP contribution is -2.05. The SMILES string of the molecule is CCCCOc1ccc(Nc2ncnc(Nc3cccc(Br)c3)c2[N+](=O)[O-])cc1. The van der Waals surface area contributed by atoms with Crippen LogP contribution in [0.3, 0.4) is 0 Å². The normalized spacial score (nSPS) is 10.4. The van der Waals surface area contributed by atoms with Gasteiger partial charge in [-0.1, -0.05) is 35.3 Å². The molecule has 0 radical (unpaired) electrons. The van der Waals surface area contributed by atoms with E-state index in [4.69, 9.17) is 4.74 Å². The first kappa shape index (κ1) is 20.5. The van der Waals surface area contributed by atoms with Crippen molar-refractivity contribution in [1.82, 2.24) is 9.97 Å². The van der Waals surface area contributed by atoms with Crippen LogP contribution in [0, 0.1) is 10.1 Å². The van der Waals surface area contributed by atoms with E-state index in [1.54, 1.807) is 24.3 Å². The standard InChI is InChI=1S/C20H20BrN5O3/c1-2-3-11-29-17-9-7-15(8-10-17)24-19-18(26(27)28)20(23-13-22-19)25-16-6-4-5-14(21)12-16/h4-10,12-13H,2-3,11H2,1H3,(H2,22,23,24,25). The molecule has 8 nitrogen and oxygen atoms in total. The van der Waals surface area contributed by atoms with E-state index in [0.29, 0.717) is 18.0 Å². The molecule has 2 aromatic carbocycles. The molecule has 0 unspecified atom stereocenters. The zero-order valence-electron chi connectivity index (χ0n) is 15.8. The third kappa shape index (κ3) is 5.64. The van der Waals surface area contributed by atoms with Crippen molar-refractivity contribution in [2.75, 3.05) is 17.2 Å². The lowest BCUT2D eigenvalue weighted by atomic mass is 10.3. The van der Waals surface area contributed by atoms with Crippen LogP contribution in [0.4, 0.5) is 28.7 Å². The molecular formula is C20H20BrN5O3. The molecule has 1 heterocycles. The summed E-state index contributed by atoms with van der Waals surface area (Å²) in [4.78, 5) is 19.3. The summed E-state index contributed by atoms with van der Waals surface area (Å²) in [6, 6.07) is 14.5. The summed E-state index contributed by atoms with van der Waals surface area (Å²) >= 11 is 3.38. The Labute approximate surface area is 176 Å². The Kier molecular flexibility index (Phi) is 6.96. The van der Waals surface area contributed by atoms with E-state index in [1.165, 1.54) is 6.33 Å². The summed E-state index contributed by atoms with van der Waals surface area (Å²) in [7, 11) is 0. The maximum absolute atomic E-state index is 11.7. The summed E-state index contributed by atoms with van der Waals surface area (Å²) < 4.78 is 6.48. The molecule has 29 heavy (non-hydrogen) atoms. The highest BCUT2D eigenvalue weighted by Crippen LogP contribution is 2.33. The Hall–Kier alpha value is -3.20. The number of nitrogens with one attached hydrogen (secondary N) is 2. The van der Waals surface area contributed by atoms with Crippen LogP contribution in [0.5, 0.6) is 5.75 Å². The molecule has 3 aromatic rings. The van der Waals surface area contributed by atoms with Crippen LogP contribution >= 0.6 is 15.9 Å². The number of nitrogens with zero attached hydrogens (tertiary/aromatic N) is 3. The van der Waals surface area contributed by atoms with E-state index in [2.05, 4.69) is 43.5 Å². The fraction of sp³-hybridized carbons (Fsp3) is 0.200. The fourth-order valence-electron chi connectivity index (χ4n) is 2.54. The minimum atomic E-state index is -0.509. The first-order valence-corrected chi connectivity index (χ1v) is 9.88. The number of anilines is 4. The van der Waals surface area contributed by atoms with E-state index in [9.17, 15) is 10.1 Å². The second kappa shape index (κ2) is 9.83. The molecule has 0 fully saturated rings. The van der Waals surface area contributed by atoms with Gasteiger partial charge in [-0.05, 0) is 48.9 Å². The monoisotopic (exact) mass is 457 g/mol. The van der Waals surface area contributed by atoms with Gasteiger partial charge < -0.3 is 15.4 Å². The molecule has 1 aromatic heterocycles. The van der Waals surface area contributed by atoms with Gasteiger partial charge in [0.2, 0.25) is 11.6 Å². The first-order valence-electron chi connectivity index (χ1n) is 9.08. The molecule has 0 amide bonds. The number of hydrogen-bond acceptors (Lipinski definition) is 7. The van der Waals surface area contributed by atoms with Gasteiger partial charge in [-0.2, -0.15) is 0 Å². The van der Waals surface area contributed by atoms with Crippen molar-refractivity contribution in [2.45, 2.75) is 19.8 Å². The predicted molar refractivity (Wildman–Crippen MR) is 116 cm³/mol. The van der Waals surface area contributed by atoms with Gasteiger partial charge in [0.1, 0.15) is 12.1 Å². The molecule has 150 valence electrons. The van der Waals surface area contributed by atoms with Crippen LogP contribution < -0.4 is 15.4 Å². The Morgan fingerprint density at radius 1 is 1.07 bits per heavy atom. The molecule has 2 N–H and O–H groups in total. The van der Waals surface area contributed by atoms with Gasteiger partial charge in [0, 0.05) is 15.8 Å². The van der Waals surface area contributed by atoms with Crippen molar-refractivity contribution >= 4 is 44.6 Å². The van der Waals surface area contributed by atoms with Crippen LogP contribution in [0.2, 0.25) is 0 Å². The number of unbranched alkanes of at least 4 members (excludes halogenated alkanes) is 1. The molecule has 9 heteroatoms. The van der Waals surface area contributed by atoms with Crippen molar-refractivity contribution in [3.63, 3.8) is 0 Å². The number of hydrogen-bond donors (Lipinski definition) is 2. The minimum absolute atomic E-state index is 0.0992. The van der Waals surface area contributed by atoms with Gasteiger partial charge in [0.15, 0.2) is 0 Å². The first-order chi connectivity index (χ1) is 14.1. The highest BCUT2D eigenvalue weighted by Gasteiger charge is 2.23. The molecule has 0 saturated carbocycles. The zero-order valence-corrected chi connectivity index (χ0v) is 17.3. The molecular weight excluding hydrogens is 438 g/mol. The lowest BCUT2D eigenvalue weighted by Gasteiger charge is -2.11. The van der Waals surface area contributed by atoms with E-state index < -0.39 is 4.92 Å². The molecule has 3 rings (SSSR count). The van der Waals surface area contributed by atoms with Crippen molar-refractivity contribution in [3.05, 3.63) is 69.4 Å².